The van der Waals surface area contributed by atoms with Crippen LogP contribution in [0.5, 0.6) is 11.6 Å². The Morgan fingerprint density at radius 3 is 2.67 bits per heavy atom. The highest BCUT2D eigenvalue weighted by Crippen LogP contribution is 2.31. The van der Waals surface area contributed by atoms with Crippen molar-refractivity contribution in [3.8, 4) is 11.6 Å². The summed E-state index contributed by atoms with van der Waals surface area (Å²) in [6.45, 7) is 1.84. The van der Waals surface area contributed by atoms with Gasteiger partial charge in [0.15, 0.2) is 0 Å². The lowest BCUT2D eigenvalue weighted by Gasteiger charge is -2.07. The summed E-state index contributed by atoms with van der Waals surface area (Å²) in [6, 6.07) is 9.79. The van der Waals surface area contributed by atoms with E-state index in [2.05, 4.69) is 4.98 Å². The van der Waals surface area contributed by atoms with Crippen LogP contribution in [0.4, 0.5) is 5.69 Å². The van der Waals surface area contributed by atoms with Crippen molar-refractivity contribution in [3.05, 3.63) is 57.2 Å². The maximum Gasteiger partial charge on any atom is 0.331 e. The lowest BCUT2D eigenvalue weighted by Crippen LogP contribution is -1.97. The molecule has 0 saturated carbocycles. The highest BCUT2D eigenvalue weighted by molar-refractivity contribution is 6.29. The number of pyridine rings is 1. The van der Waals surface area contributed by atoms with E-state index in [1.54, 1.807) is 12.1 Å². The molecule has 6 heteroatoms. The van der Waals surface area contributed by atoms with Crippen molar-refractivity contribution in [3.63, 3.8) is 0 Å². The van der Waals surface area contributed by atoms with E-state index >= 15 is 0 Å². The van der Waals surface area contributed by atoms with Gasteiger partial charge in [-0.3, -0.25) is 10.1 Å². The molecular formula is C12H9ClN2O3. The zero-order valence-corrected chi connectivity index (χ0v) is 10.2. The van der Waals surface area contributed by atoms with Crippen molar-refractivity contribution < 1.29 is 9.66 Å². The second-order valence-corrected chi connectivity index (χ2v) is 3.97. The Balaban J connectivity index is 2.42. The van der Waals surface area contributed by atoms with Gasteiger partial charge in [0.1, 0.15) is 10.9 Å². The number of ether oxygens (including phenoxy) is 1. The molecule has 0 saturated heterocycles. The zero-order chi connectivity index (χ0) is 13.1. The third kappa shape index (κ3) is 2.57. The molecule has 1 heterocycles. The minimum atomic E-state index is -0.559. The Hall–Kier alpha value is -2.14. The van der Waals surface area contributed by atoms with Crippen LogP contribution in [0.2, 0.25) is 5.15 Å². The Bertz CT molecular complexity index is 602. The van der Waals surface area contributed by atoms with E-state index in [1.807, 2.05) is 19.1 Å². The topological polar surface area (TPSA) is 65.3 Å². The molecule has 0 aliphatic heterocycles. The quantitative estimate of drug-likeness (QED) is 0.481. The van der Waals surface area contributed by atoms with E-state index in [-0.39, 0.29) is 16.7 Å². The summed E-state index contributed by atoms with van der Waals surface area (Å²) in [4.78, 5) is 14.1. The summed E-state index contributed by atoms with van der Waals surface area (Å²) in [5.74, 6) is 0.400. The SMILES string of the molecule is Cc1ccccc1Oc1nc(Cl)ccc1[N+](=O)[O-]. The summed E-state index contributed by atoms with van der Waals surface area (Å²) in [6.07, 6.45) is 0. The molecule has 0 bridgehead atoms. The van der Waals surface area contributed by atoms with Crippen LogP contribution in [0.15, 0.2) is 36.4 Å². The molecule has 5 nitrogen and oxygen atoms in total. The van der Waals surface area contributed by atoms with Crippen LogP contribution >= 0.6 is 11.6 Å². The van der Waals surface area contributed by atoms with Gasteiger partial charge in [0.2, 0.25) is 0 Å². The largest absolute Gasteiger partial charge is 0.433 e. The summed E-state index contributed by atoms with van der Waals surface area (Å²) in [5.41, 5.74) is 0.635. The molecule has 18 heavy (non-hydrogen) atoms. The standard InChI is InChI=1S/C12H9ClN2O3/c1-8-4-2-3-5-10(8)18-12-9(15(16)17)6-7-11(13)14-12/h2-7H,1H3. The molecule has 0 amide bonds. The first-order chi connectivity index (χ1) is 8.58. The van der Waals surface area contributed by atoms with Crippen LogP contribution < -0.4 is 4.74 Å². The van der Waals surface area contributed by atoms with Gasteiger partial charge in [0.05, 0.1) is 4.92 Å². The average molecular weight is 265 g/mol. The number of nitrogens with zero attached hydrogens (tertiary/aromatic N) is 2. The number of nitro groups is 1. The first kappa shape index (κ1) is 12.3. The maximum atomic E-state index is 10.9. The molecule has 0 radical (unpaired) electrons. The highest BCUT2D eigenvalue weighted by Gasteiger charge is 2.18. The first-order valence-corrected chi connectivity index (χ1v) is 5.50. The third-order valence-electron chi connectivity index (χ3n) is 2.30. The fraction of sp³-hybridized carbons (Fsp3) is 0.0833. The maximum absolute atomic E-state index is 10.9. The Morgan fingerprint density at radius 2 is 2.00 bits per heavy atom. The molecular weight excluding hydrogens is 256 g/mol. The van der Waals surface area contributed by atoms with E-state index in [0.717, 1.165) is 5.56 Å². The van der Waals surface area contributed by atoms with Crippen LogP contribution in [0.1, 0.15) is 5.56 Å². The summed E-state index contributed by atoms with van der Waals surface area (Å²) in [7, 11) is 0. The van der Waals surface area contributed by atoms with E-state index in [1.165, 1.54) is 12.1 Å². The monoisotopic (exact) mass is 264 g/mol. The number of rotatable bonds is 3. The van der Waals surface area contributed by atoms with Crippen molar-refractivity contribution in [1.29, 1.82) is 0 Å². The van der Waals surface area contributed by atoms with Crippen LogP contribution in [0, 0.1) is 17.0 Å². The van der Waals surface area contributed by atoms with Crippen LogP contribution in [0.3, 0.4) is 0 Å². The van der Waals surface area contributed by atoms with Gasteiger partial charge < -0.3 is 4.74 Å². The molecule has 0 fully saturated rings. The fourth-order valence-corrected chi connectivity index (χ4v) is 1.54. The van der Waals surface area contributed by atoms with E-state index in [4.69, 9.17) is 16.3 Å². The lowest BCUT2D eigenvalue weighted by molar-refractivity contribution is -0.386. The van der Waals surface area contributed by atoms with Gasteiger partial charge >= 0.3 is 11.6 Å². The van der Waals surface area contributed by atoms with Crippen molar-refractivity contribution in [1.82, 2.24) is 4.98 Å². The molecule has 92 valence electrons. The molecule has 0 atom stereocenters. The molecule has 2 rings (SSSR count). The summed E-state index contributed by atoms with van der Waals surface area (Å²) in [5, 5.41) is 11.0. The summed E-state index contributed by atoms with van der Waals surface area (Å²) >= 11 is 5.71. The lowest BCUT2D eigenvalue weighted by atomic mass is 10.2. The van der Waals surface area contributed by atoms with Gasteiger partial charge in [0, 0.05) is 6.07 Å². The van der Waals surface area contributed by atoms with Crippen molar-refractivity contribution in [2.24, 2.45) is 0 Å². The van der Waals surface area contributed by atoms with E-state index < -0.39 is 4.92 Å². The minimum Gasteiger partial charge on any atom is -0.433 e. The molecule has 1 aromatic heterocycles. The van der Waals surface area contributed by atoms with Crippen molar-refractivity contribution in [2.75, 3.05) is 0 Å². The highest BCUT2D eigenvalue weighted by atomic mass is 35.5. The van der Waals surface area contributed by atoms with Crippen molar-refractivity contribution >= 4 is 17.3 Å². The van der Waals surface area contributed by atoms with E-state index in [9.17, 15) is 10.1 Å². The number of halogens is 1. The second kappa shape index (κ2) is 5.01. The first-order valence-electron chi connectivity index (χ1n) is 5.12. The number of para-hydroxylation sites is 1. The molecule has 0 aliphatic rings. The van der Waals surface area contributed by atoms with Crippen LogP contribution in [-0.2, 0) is 0 Å². The molecule has 2 aromatic rings. The molecule has 1 aromatic carbocycles. The van der Waals surface area contributed by atoms with Gasteiger partial charge in [0.25, 0.3) is 0 Å². The fourth-order valence-electron chi connectivity index (χ4n) is 1.40. The molecule has 0 aliphatic carbocycles. The number of aryl methyl sites for hydroxylation is 1. The molecule has 0 spiro atoms. The predicted octanol–water partition coefficient (Wildman–Crippen LogP) is 3.74. The van der Waals surface area contributed by atoms with Gasteiger partial charge in [-0.15, -0.1) is 0 Å². The van der Waals surface area contributed by atoms with Crippen molar-refractivity contribution in [2.45, 2.75) is 6.92 Å². The number of hydrogen-bond acceptors (Lipinski definition) is 4. The molecule has 0 unspecified atom stereocenters. The Morgan fingerprint density at radius 1 is 1.28 bits per heavy atom. The summed E-state index contributed by atoms with van der Waals surface area (Å²) < 4.78 is 5.45. The zero-order valence-electron chi connectivity index (χ0n) is 9.46. The Labute approximate surface area is 108 Å². The number of aromatic nitrogens is 1. The Kier molecular flexibility index (Phi) is 3.43. The van der Waals surface area contributed by atoms with E-state index in [0.29, 0.717) is 5.75 Å². The van der Waals surface area contributed by atoms with Gasteiger partial charge in [-0.05, 0) is 24.6 Å². The van der Waals surface area contributed by atoms with Gasteiger partial charge in [-0.2, -0.15) is 4.98 Å². The number of hydrogen-bond donors (Lipinski definition) is 0. The number of benzene rings is 1. The average Bonchev–Trinajstić information content (AvgIpc) is 2.32. The van der Waals surface area contributed by atoms with Gasteiger partial charge in [-0.1, -0.05) is 29.8 Å². The molecule has 0 N–H and O–H groups in total. The minimum absolute atomic E-state index is 0.109. The van der Waals surface area contributed by atoms with Crippen LogP contribution in [-0.4, -0.2) is 9.91 Å². The second-order valence-electron chi connectivity index (χ2n) is 3.58. The van der Waals surface area contributed by atoms with Crippen LogP contribution in [0.25, 0.3) is 0 Å². The van der Waals surface area contributed by atoms with Gasteiger partial charge in [-0.25, -0.2) is 0 Å². The smallest absolute Gasteiger partial charge is 0.331 e. The predicted molar refractivity (Wildman–Crippen MR) is 67.2 cm³/mol. The normalized spacial score (nSPS) is 10.1. The third-order valence-corrected chi connectivity index (χ3v) is 2.51.